The maximum atomic E-state index is 6.05. The number of hydrogen-bond donors (Lipinski definition) is 1. The molecular formula is C11H15N5O. The third kappa shape index (κ3) is 2.79. The molecule has 1 unspecified atom stereocenters. The van der Waals surface area contributed by atoms with E-state index in [0.717, 1.165) is 11.3 Å². The van der Waals surface area contributed by atoms with Crippen molar-refractivity contribution in [3.05, 3.63) is 35.8 Å². The molecule has 2 N–H and O–H groups in total. The Morgan fingerprint density at radius 1 is 1.41 bits per heavy atom. The van der Waals surface area contributed by atoms with Crippen molar-refractivity contribution in [2.75, 3.05) is 7.11 Å². The van der Waals surface area contributed by atoms with Gasteiger partial charge >= 0.3 is 0 Å². The van der Waals surface area contributed by atoms with E-state index in [2.05, 4.69) is 15.3 Å². The van der Waals surface area contributed by atoms with Gasteiger partial charge in [-0.2, -0.15) is 10.2 Å². The molecule has 2 aromatic heterocycles. The molecule has 0 saturated carbocycles. The van der Waals surface area contributed by atoms with Crippen molar-refractivity contribution in [3.8, 4) is 5.88 Å². The standard InChI is InChI=1S/C11H15N5O/c1-16-7-8(6-13-16)5-9(12)10-3-4-11(17-2)15-14-10/h3-4,6-7,9H,5,12H2,1-2H3. The van der Waals surface area contributed by atoms with E-state index in [0.29, 0.717) is 12.3 Å². The van der Waals surface area contributed by atoms with Crippen LogP contribution in [0.4, 0.5) is 0 Å². The normalized spacial score (nSPS) is 12.4. The van der Waals surface area contributed by atoms with Crippen LogP contribution in [0.2, 0.25) is 0 Å². The number of nitrogens with zero attached hydrogens (tertiary/aromatic N) is 4. The third-order valence-corrected chi connectivity index (χ3v) is 2.46. The van der Waals surface area contributed by atoms with Crippen molar-refractivity contribution in [3.63, 3.8) is 0 Å². The highest BCUT2D eigenvalue weighted by Gasteiger charge is 2.10. The molecule has 0 aromatic carbocycles. The van der Waals surface area contributed by atoms with Crippen LogP contribution in [0, 0.1) is 0 Å². The number of ether oxygens (including phenoxy) is 1. The van der Waals surface area contributed by atoms with Crippen LogP contribution in [-0.4, -0.2) is 27.1 Å². The lowest BCUT2D eigenvalue weighted by Crippen LogP contribution is -2.15. The van der Waals surface area contributed by atoms with Crippen LogP contribution in [0.5, 0.6) is 5.88 Å². The minimum absolute atomic E-state index is 0.183. The van der Waals surface area contributed by atoms with Gasteiger partial charge in [0.15, 0.2) is 0 Å². The molecule has 0 radical (unpaired) electrons. The molecule has 0 saturated heterocycles. The van der Waals surface area contributed by atoms with E-state index in [1.54, 1.807) is 24.1 Å². The van der Waals surface area contributed by atoms with Crippen LogP contribution in [0.3, 0.4) is 0 Å². The molecule has 6 heteroatoms. The molecule has 1 atom stereocenters. The van der Waals surface area contributed by atoms with Gasteiger partial charge < -0.3 is 10.5 Å². The fraction of sp³-hybridized carbons (Fsp3) is 0.364. The largest absolute Gasteiger partial charge is 0.480 e. The SMILES string of the molecule is COc1ccc(C(N)Cc2cnn(C)c2)nn1. The zero-order valence-corrected chi connectivity index (χ0v) is 9.87. The molecule has 0 aliphatic heterocycles. The topological polar surface area (TPSA) is 78.9 Å². The van der Waals surface area contributed by atoms with Crippen molar-refractivity contribution in [1.29, 1.82) is 0 Å². The molecule has 0 bridgehead atoms. The fourth-order valence-corrected chi connectivity index (χ4v) is 1.57. The average molecular weight is 233 g/mol. The first kappa shape index (κ1) is 11.5. The lowest BCUT2D eigenvalue weighted by Gasteiger charge is -2.09. The first-order chi connectivity index (χ1) is 8.19. The number of aryl methyl sites for hydroxylation is 1. The molecule has 0 aliphatic carbocycles. The summed E-state index contributed by atoms with van der Waals surface area (Å²) < 4.78 is 6.69. The lowest BCUT2D eigenvalue weighted by molar-refractivity contribution is 0.390. The molecule has 2 heterocycles. The molecule has 0 fully saturated rings. The van der Waals surface area contributed by atoms with E-state index in [-0.39, 0.29) is 6.04 Å². The fourth-order valence-electron chi connectivity index (χ4n) is 1.57. The van der Waals surface area contributed by atoms with Gasteiger partial charge in [0, 0.05) is 19.3 Å². The minimum atomic E-state index is -0.183. The number of rotatable bonds is 4. The second-order valence-corrected chi connectivity index (χ2v) is 3.83. The van der Waals surface area contributed by atoms with Crippen molar-refractivity contribution >= 4 is 0 Å². The van der Waals surface area contributed by atoms with E-state index in [4.69, 9.17) is 10.5 Å². The van der Waals surface area contributed by atoms with Gasteiger partial charge in [-0.05, 0) is 18.1 Å². The summed E-state index contributed by atoms with van der Waals surface area (Å²) in [5, 5.41) is 12.0. The molecule has 0 spiro atoms. The molecule has 0 amide bonds. The molecule has 6 nitrogen and oxygen atoms in total. The predicted octanol–water partition coefficient (Wildman–Crippen LogP) is 0.461. The molecular weight excluding hydrogens is 218 g/mol. The molecule has 90 valence electrons. The summed E-state index contributed by atoms with van der Waals surface area (Å²) in [6.45, 7) is 0. The first-order valence-corrected chi connectivity index (χ1v) is 5.30. The quantitative estimate of drug-likeness (QED) is 0.830. The van der Waals surface area contributed by atoms with Gasteiger partial charge in [0.2, 0.25) is 5.88 Å². The Morgan fingerprint density at radius 3 is 2.76 bits per heavy atom. The maximum absolute atomic E-state index is 6.05. The summed E-state index contributed by atoms with van der Waals surface area (Å²) >= 11 is 0. The Morgan fingerprint density at radius 2 is 2.24 bits per heavy atom. The van der Waals surface area contributed by atoms with E-state index in [1.165, 1.54) is 0 Å². The van der Waals surface area contributed by atoms with Crippen LogP contribution in [0.15, 0.2) is 24.5 Å². The van der Waals surface area contributed by atoms with Crippen molar-refractivity contribution in [1.82, 2.24) is 20.0 Å². The van der Waals surface area contributed by atoms with Crippen molar-refractivity contribution < 1.29 is 4.74 Å². The molecule has 0 aliphatic rings. The van der Waals surface area contributed by atoms with Gasteiger partial charge in [0.05, 0.1) is 25.0 Å². The minimum Gasteiger partial charge on any atom is -0.480 e. The summed E-state index contributed by atoms with van der Waals surface area (Å²) in [4.78, 5) is 0. The molecule has 17 heavy (non-hydrogen) atoms. The Labute approximate surface area is 99.4 Å². The number of methoxy groups -OCH3 is 1. The Bertz CT molecular complexity index is 479. The predicted molar refractivity (Wildman–Crippen MR) is 62.4 cm³/mol. The zero-order valence-electron chi connectivity index (χ0n) is 9.87. The second-order valence-electron chi connectivity index (χ2n) is 3.83. The third-order valence-electron chi connectivity index (χ3n) is 2.46. The number of hydrogen-bond acceptors (Lipinski definition) is 5. The van der Waals surface area contributed by atoms with Gasteiger partial charge in [-0.15, -0.1) is 5.10 Å². The average Bonchev–Trinajstić information content (AvgIpc) is 2.75. The monoisotopic (exact) mass is 233 g/mol. The highest BCUT2D eigenvalue weighted by molar-refractivity contribution is 5.16. The Balaban J connectivity index is 2.06. The first-order valence-electron chi connectivity index (χ1n) is 5.30. The van der Waals surface area contributed by atoms with Gasteiger partial charge in [-0.3, -0.25) is 4.68 Å². The number of nitrogens with two attached hydrogens (primary N) is 1. The van der Waals surface area contributed by atoms with Gasteiger partial charge in [0.25, 0.3) is 0 Å². The zero-order chi connectivity index (χ0) is 12.3. The van der Waals surface area contributed by atoms with Gasteiger partial charge in [-0.1, -0.05) is 0 Å². The van der Waals surface area contributed by atoms with E-state index >= 15 is 0 Å². The summed E-state index contributed by atoms with van der Waals surface area (Å²) in [5.41, 5.74) is 7.87. The van der Waals surface area contributed by atoms with Crippen LogP contribution < -0.4 is 10.5 Å². The van der Waals surface area contributed by atoms with Crippen molar-refractivity contribution in [2.45, 2.75) is 12.5 Å². The van der Waals surface area contributed by atoms with Crippen LogP contribution in [-0.2, 0) is 13.5 Å². The van der Waals surface area contributed by atoms with E-state index in [9.17, 15) is 0 Å². The summed E-state index contributed by atoms with van der Waals surface area (Å²) in [6.07, 6.45) is 4.43. The summed E-state index contributed by atoms with van der Waals surface area (Å²) in [6, 6.07) is 3.40. The van der Waals surface area contributed by atoms with E-state index in [1.807, 2.05) is 19.3 Å². The summed E-state index contributed by atoms with van der Waals surface area (Å²) in [7, 11) is 3.43. The smallest absolute Gasteiger partial charge is 0.233 e. The van der Waals surface area contributed by atoms with Gasteiger partial charge in [0.1, 0.15) is 0 Å². The van der Waals surface area contributed by atoms with E-state index < -0.39 is 0 Å². The molecule has 2 rings (SSSR count). The van der Waals surface area contributed by atoms with Crippen molar-refractivity contribution in [2.24, 2.45) is 12.8 Å². The highest BCUT2D eigenvalue weighted by atomic mass is 16.5. The highest BCUT2D eigenvalue weighted by Crippen LogP contribution is 2.14. The lowest BCUT2D eigenvalue weighted by atomic mass is 10.1. The van der Waals surface area contributed by atoms with Crippen LogP contribution in [0.25, 0.3) is 0 Å². The van der Waals surface area contributed by atoms with Crippen LogP contribution >= 0.6 is 0 Å². The second kappa shape index (κ2) is 4.92. The Hall–Kier alpha value is -1.95. The molecule has 2 aromatic rings. The maximum Gasteiger partial charge on any atom is 0.233 e. The van der Waals surface area contributed by atoms with Crippen LogP contribution in [0.1, 0.15) is 17.3 Å². The summed E-state index contributed by atoms with van der Waals surface area (Å²) in [5.74, 6) is 0.488. The Kier molecular flexibility index (Phi) is 3.34. The number of aromatic nitrogens is 4. The van der Waals surface area contributed by atoms with Gasteiger partial charge in [-0.25, -0.2) is 0 Å².